The second kappa shape index (κ2) is 13.2. The minimum atomic E-state index is -3.04. The van der Waals surface area contributed by atoms with Crippen molar-refractivity contribution in [2.45, 2.75) is 50.8 Å². The number of nitrogens with one attached hydrogen (secondary N) is 1. The Morgan fingerprint density at radius 3 is 2.71 bits per heavy atom. The highest BCUT2D eigenvalue weighted by Gasteiger charge is 2.43. The molecule has 4 N–H and O–H groups in total. The molecule has 0 radical (unpaired) electrons. The van der Waals surface area contributed by atoms with E-state index < -0.39 is 35.8 Å². The van der Waals surface area contributed by atoms with Crippen LogP contribution >= 0.6 is 0 Å². The van der Waals surface area contributed by atoms with Gasteiger partial charge in [-0.1, -0.05) is 6.92 Å². The zero-order valence-electron chi connectivity index (χ0n) is 24.5. The molecule has 0 spiro atoms. The van der Waals surface area contributed by atoms with Gasteiger partial charge in [-0.15, -0.1) is 0 Å². The van der Waals surface area contributed by atoms with Gasteiger partial charge in [-0.3, -0.25) is 10.3 Å². The van der Waals surface area contributed by atoms with Gasteiger partial charge in [0.15, 0.2) is 28.5 Å². The van der Waals surface area contributed by atoms with Crippen LogP contribution in [0.5, 0.6) is 5.75 Å². The quantitative estimate of drug-likeness (QED) is 0.218. The molecule has 1 fully saturated rings. The summed E-state index contributed by atoms with van der Waals surface area (Å²) in [5.74, 6) is -1.71. The van der Waals surface area contributed by atoms with Crippen LogP contribution in [0.3, 0.4) is 0 Å². The van der Waals surface area contributed by atoms with Crippen molar-refractivity contribution in [3.8, 4) is 17.0 Å². The van der Waals surface area contributed by atoms with Crippen molar-refractivity contribution in [2.75, 3.05) is 37.0 Å². The number of rotatable bonds is 10. The number of imidazole rings is 1. The lowest BCUT2D eigenvalue weighted by Crippen LogP contribution is -2.63. The maximum Gasteiger partial charge on any atom is 0.412 e. The summed E-state index contributed by atoms with van der Waals surface area (Å²) in [6, 6.07) is 3.43. The highest BCUT2D eigenvalue weighted by Crippen LogP contribution is 2.35. The van der Waals surface area contributed by atoms with Crippen molar-refractivity contribution in [2.24, 2.45) is 5.73 Å². The van der Waals surface area contributed by atoms with E-state index in [2.05, 4.69) is 25.3 Å². The first-order chi connectivity index (χ1) is 21.5. The average Bonchev–Trinajstić information content (AvgIpc) is 3.44. The number of aromatic nitrogens is 5. The van der Waals surface area contributed by atoms with E-state index in [1.165, 1.54) is 26.0 Å². The van der Waals surface area contributed by atoms with Crippen LogP contribution in [0.25, 0.3) is 22.4 Å². The van der Waals surface area contributed by atoms with E-state index in [1.807, 2.05) is 6.92 Å². The zero-order chi connectivity index (χ0) is 32.3. The molecule has 0 bridgehead atoms. The number of carbonyl (C=O) groups is 1. The molecule has 5 rings (SSSR count). The number of hydrogen-bond donors (Lipinski definition) is 3. The van der Waals surface area contributed by atoms with Gasteiger partial charge in [0.25, 0.3) is 6.43 Å². The number of ether oxygens (including phenoxy) is 2. The van der Waals surface area contributed by atoms with Crippen molar-refractivity contribution < 1.29 is 36.9 Å². The summed E-state index contributed by atoms with van der Waals surface area (Å²) in [6.07, 6.45) is -0.463. The molecule has 0 saturated carbocycles. The smallest absolute Gasteiger partial charge is 0.412 e. The van der Waals surface area contributed by atoms with Gasteiger partial charge in [-0.05, 0) is 37.0 Å². The van der Waals surface area contributed by atoms with E-state index in [-0.39, 0.29) is 54.5 Å². The van der Waals surface area contributed by atoms with Crippen LogP contribution in [0.1, 0.15) is 31.7 Å². The van der Waals surface area contributed by atoms with Gasteiger partial charge in [0.05, 0.1) is 49.7 Å². The molecular formula is C29H32F4N8O4. The van der Waals surface area contributed by atoms with Crippen molar-refractivity contribution in [1.82, 2.24) is 24.5 Å². The molecule has 0 aliphatic carbocycles. The lowest BCUT2D eigenvalue weighted by atomic mass is 9.84. The molecule has 2 atom stereocenters. The molecule has 1 saturated heterocycles. The van der Waals surface area contributed by atoms with Crippen molar-refractivity contribution in [3.05, 3.63) is 54.2 Å². The molecule has 4 aromatic rings. The number of methoxy groups -OCH3 is 1. The van der Waals surface area contributed by atoms with Gasteiger partial charge in [-0.2, -0.15) is 0 Å². The number of piperidine rings is 1. The van der Waals surface area contributed by atoms with Gasteiger partial charge in [0.1, 0.15) is 18.2 Å². The molecule has 45 heavy (non-hydrogen) atoms. The topological polar surface area (TPSA) is 154 Å². The number of halogens is 4. The number of nitrogens with zero attached hydrogens (tertiary/aromatic N) is 6. The Balaban J connectivity index is 1.56. The normalized spacial score (nSPS) is 17.5. The number of alkyl halides is 2. The van der Waals surface area contributed by atoms with Gasteiger partial charge < -0.3 is 29.8 Å². The number of nitrogens with two attached hydrogens (primary N) is 1. The zero-order valence-corrected chi connectivity index (χ0v) is 24.5. The number of carbonyl (C=O) groups excluding carboxylic acids is 1. The van der Waals surface area contributed by atoms with Gasteiger partial charge in [0, 0.05) is 24.7 Å². The summed E-state index contributed by atoms with van der Waals surface area (Å²) in [7, 11) is 1.22. The van der Waals surface area contributed by atoms with Crippen LogP contribution in [0.2, 0.25) is 0 Å². The third-order valence-corrected chi connectivity index (χ3v) is 7.61. The van der Waals surface area contributed by atoms with E-state index in [1.54, 1.807) is 15.5 Å². The Labute approximate surface area is 255 Å². The second-order valence-electron chi connectivity index (χ2n) is 10.7. The van der Waals surface area contributed by atoms with Crippen LogP contribution in [0.15, 0.2) is 37.1 Å². The Kier molecular flexibility index (Phi) is 9.34. The van der Waals surface area contributed by atoms with Crippen LogP contribution in [-0.2, 0) is 11.3 Å². The predicted octanol–water partition coefficient (Wildman–Crippen LogP) is 4.11. The lowest BCUT2D eigenvalue weighted by molar-refractivity contribution is -0.0529. The summed E-state index contributed by atoms with van der Waals surface area (Å²) < 4.78 is 68.3. The predicted molar refractivity (Wildman–Crippen MR) is 156 cm³/mol. The van der Waals surface area contributed by atoms with Crippen molar-refractivity contribution in [3.63, 3.8) is 0 Å². The first-order valence-electron chi connectivity index (χ1n) is 14.2. The molecular weight excluding hydrogens is 600 g/mol. The van der Waals surface area contributed by atoms with E-state index in [9.17, 15) is 23.1 Å². The molecule has 240 valence electrons. The van der Waals surface area contributed by atoms with Crippen LogP contribution in [0.4, 0.5) is 33.9 Å². The third kappa shape index (κ3) is 6.61. The minimum Gasteiger partial charge on any atom is -0.494 e. The third-order valence-electron chi connectivity index (χ3n) is 7.61. The molecule has 1 aliphatic heterocycles. The summed E-state index contributed by atoms with van der Waals surface area (Å²) in [6.45, 7) is 2.43. The second-order valence-corrected chi connectivity index (χ2v) is 10.7. The lowest BCUT2D eigenvalue weighted by Gasteiger charge is -2.44. The Morgan fingerprint density at radius 2 is 1.98 bits per heavy atom. The molecule has 12 nitrogen and oxygen atoms in total. The fourth-order valence-corrected chi connectivity index (χ4v) is 5.34. The van der Waals surface area contributed by atoms with Gasteiger partial charge in [0.2, 0.25) is 0 Å². The maximum atomic E-state index is 15.1. The number of aliphatic hydroxyl groups is 1. The summed E-state index contributed by atoms with van der Waals surface area (Å²) in [5.41, 5.74) is 6.25. The average molecular weight is 633 g/mol. The number of amides is 1. The number of fused-ring (bicyclic) bond motifs is 1. The molecule has 1 amide bonds. The van der Waals surface area contributed by atoms with E-state index >= 15 is 4.39 Å². The SMILES string of the molecule is CCCOC(=O)Nc1ncnc2c1ncn2Cc1cc(-c2cc(F)c(OC)cc2F)ncc1N1CCC[C@](N)([C@H](O)C(F)F)C1. The monoisotopic (exact) mass is 632 g/mol. The first kappa shape index (κ1) is 31.8. The fourth-order valence-electron chi connectivity index (χ4n) is 5.34. The van der Waals surface area contributed by atoms with E-state index in [0.29, 0.717) is 36.3 Å². The van der Waals surface area contributed by atoms with Crippen LogP contribution < -0.4 is 20.7 Å². The van der Waals surface area contributed by atoms with Crippen LogP contribution in [0, 0.1) is 11.6 Å². The number of benzene rings is 1. The number of pyridine rings is 1. The molecule has 0 unspecified atom stereocenters. The number of anilines is 2. The van der Waals surface area contributed by atoms with Gasteiger partial charge in [-0.25, -0.2) is 37.3 Å². The van der Waals surface area contributed by atoms with Crippen LogP contribution in [-0.4, -0.2) is 80.6 Å². The standard InChI is InChI=1S/C29H32F4N8O4/c1-3-7-45-28(43)39-26-23-27(37-14-36-26)41(15-38-23)12-16-8-20(17-9-19(31)22(44-2)10-18(17)30)35-11-21(16)40-6-4-5-29(34,13-40)24(42)25(32)33/h8-11,14-15,24-25,42H,3-7,12-13,34H2,1-2H3,(H,36,37,39,43)/t24-,29-/m1/s1. The minimum absolute atomic E-state index is 0.0593. The van der Waals surface area contributed by atoms with E-state index in [4.69, 9.17) is 15.2 Å². The van der Waals surface area contributed by atoms with E-state index in [0.717, 1.165) is 12.1 Å². The molecule has 4 heterocycles. The van der Waals surface area contributed by atoms with Gasteiger partial charge >= 0.3 is 6.09 Å². The first-order valence-corrected chi connectivity index (χ1v) is 14.2. The largest absolute Gasteiger partial charge is 0.494 e. The van der Waals surface area contributed by atoms with Crippen molar-refractivity contribution >= 4 is 28.8 Å². The maximum absolute atomic E-state index is 15.1. The summed E-state index contributed by atoms with van der Waals surface area (Å²) in [4.78, 5) is 31.0. The summed E-state index contributed by atoms with van der Waals surface area (Å²) >= 11 is 0. The fraction of sp³-hybridized carbons (Fsp3) is 0.414. The Bertz CT molecular complexity index is 1690. The molecule has 3 aromatic heterocycles. The molecule has 1 aliphatic rings. The Morgan fingerprint density at radius 1 is 1.18 bits per heavy atom. The highest BCUT2D eigenvalue weighted by atomic mass is 19.3. The molecule has 1 aromatic carbocycles. The summed E-state index contributed by atoms with van der Waals surface area (Å²) in [5, 5.41) is 12.8. The van der Waals surface area contributed by atoms with Crippen molar-refractivity contribution in [1.29, 1.82) is 0 Å². The highest BCUT2D eigenvalue weighted by molar-refractivity contribution is 5.93. The Hall–Kier alpha value is -4.57. The molecule has 16 heteroatoms. The number of aliphatic hydroxyl groups excluding tert-OH is 1. The number of hydrogen-bond acceptors (Lipinski definition) is 10.